The number of hydrogen-bond acceptors (Lipinski definition) is 4. The molecule has 5 heteroatoms. The molecule has 1 saturated heterocycles. The van der Waals surface area contributed by atoms with Crippen molar-refractivity contribution in [1.82, 2.24) is 9.97 Å². The minimum Gasteiger partial charge on any atom is -0.478 e. The van der Waals surface area contributed by atoms with Gasteiger partial charge in [-0.3, -0.25) is 0 Å². The van der Waals surface area contributed by atoms with E-state index < -0.39 is 5.97 Å². The molecule has 2 aromatic rings. The first-order valence-corrected chi connectivity index (χ1v) is 8.46. The van der Waals surface area contributed by atoms with E-state index in [9.17, 15) is 4.79 Å². The highest BCUT2D eigenvalue weighted by Crippen LogP contribution is 2.27. The van der Waals surface area contributed by atoms with Crippen LogP contribution in [-0.4, -0.2) is 34.1 Å². The summed E-state index contributed by atoms with van der Waals surface area (Å²) in [5, 5.41) is 9.12. The lowest BCUT2D eigenvalue weighted by atomic mass is 9.97. The fourth-order valence-corrected chi connectivity index (χ4v) is 3.36. The third kappa shape index (κ3) is 3.55. The molecule has 0 saturated carbocycles. The summed E-state index contributed by atoms with van der Waals surface area (Å²) in [6, 6.07) is 7.27. The van der Waals surface area contributed by atoms with E-state index in [4.69, 9.17) is 5.11 Å². The molecular formula is C19H23N3O2. The van der Waals surface area contributed by atoms with Gasteiger partial charge >= 0.3 is 5.97 Å². The third-order valence-electron chi connectivity index (χ3n) is 4.63. The molecule has 0 unspecified atom stereocenters. The Kier molecular flexibility index (Phi) is 4.79. The topological polar surface area (TPSA) is 66.3 Å². The molecule has 0 amide bonds. The number of benzene rings is 1. The molecule has 1 aromatic carbocycles. The van der Waals surface area contributed by atoms with E-state index in [0.717, 1.165) is 49.6 Å². The summed E-state index contributed by atoms with van der Waals surface area (Å²) in [7, 11) is 0. The molecule has 1 atom stereocenters. The van der Waals surface area contributed by atoms with Crippen molar-refractivity contribution in [2.45, 2.75) is 33.1 Å². The van der Waals surface area contributed by atoms with Crippen LogP contribution in [0.1, 0.15) is 40.7 Å². The Labute approximate surface area is 142 Å². The van der Waals surface area contributed by atoms with Crippen molar-refractivity contribution in [3.8, 4) is 0 Å². The second kappa shape index (κ2) is 6.99. The number of carbonyl (C=O) groups is 1. The van der Waals surface area contributed by atoms with Crippen LogP contribution in [0.2, 0.25) is 0 Å². The van der Waals surface area contributed by atoms with Crippen LogP contribution >= 0.6 is 0 Å². The normalized spacial score (nSPS) is 17.2. The van der Waals surface area contributed by atoms with Crippen LogP contribution in [0.3, 0.4) is 0 Å². The largest absolute Gasteiger partial charge is 0.478 e. The van der Waals surface area contributed by atoms with Crippen molar-refractivity contribution < 1.29 is 9.90 Å². The Bertz CT molecular complexity index is 745. The number of anilines is 1. The van der Waals surface area contributed by atoms with E-state index in [1.54, 1.807) is 12.1 Å². The number of carboxylic acids is 1. The predicted octanol–water partition coefficient (Wildman–Crippen LogP) is 3.11. The number of aryl methyl sites for hydroxylation is 2. The summed E-state index contributed by atoms with van der Waals surface area (Å²) in [6.45, 7) is 6.00. The van der Waals surface area contributed by atoms with Gasteiger partial charge in [-0.1, -0.05) is 19.1 Å². The van der Waals surface area contributed by atoms with Gasteiger partial charge in [0.05, 0.1) is 5.56 Å². The van der Waals surface area contributed by atoms with Gasteiger partial charge in [-0.25, -0.2) is 14.8 Å². The highest BCUT2D eigenvalue weighted by Gasteiger charge is 2.25. The molecule has 3 rings (SSSR count). The highest BCUT2D eigenvalue weighted by molar-refractivity contribution is 5.87. The summed E-state index contributed by atoms with van der Waals surface area (Å²) in [5.41, 5.74) is 2.65. The van der Waals surface area contributed by atoms with Crippen molar-refractivity contribution in [2.24, 2.45) is 5.92 Å². The molecule has 5 nitrogen and oxygen atoms in total. The van der Waals surface area contributed by atoms with E-state index in [2.05, 4.69) is 21.8 Å². The van der Waals surface area contributed by atoms with Gasteiger partial charge in [0.2, 0.25) is 0 Å². The molecule has 0 bridgehead atoms. The van der Waals surface area contributed by atoms with Crippen LogP contribution < -0.4 is 4.90 Å². The summed E-state index contributed by atoms with van der Waals surface area (Å²) in [5.74, 6) is 1.52. The van der Waals surface area contributed by atoms with E-state index >= 15 is 0 Å². The van der Waals surface area contributed by atoms with Gasteiger partial charge in [-0.15, -0.1) is 0 Å². The molecule has 1 aliphatic heterocycles. The van der Waals surface area contributed by atoms with Crippen LogP contribution in [-0.2, 0) is 12.8 Å². The predicted molar refractivity (Wildman–Crippen MR) is 93.6 cm³/mol. The standard InChI is InChI=1S/C19H23N3O2/c1-3-16-11-20-13(2)21-18(16)22-8-7-15(12-22)9-14-5-4-6-17(10-14)19(23)24/h4-6,10-11,15H,3,7-9,12H2,1-2H3,(H,23,24)/t15-/m1/s1. The summed E-state index contributed by atoms with van der Waals surface area (Å²) >= 11 is 0. The van der Waals surface area contributed by atoms with Gasteiger partial charge in [0.15, 0.2) is 0 Å². The molecular weight excluding hydrogens is 302 g/mol. The van der Waals surface area contributed by atoms with Gasteiger partial charge < -0.3 is 10.0 Å². The maximum atomic E-state index is 11.1. The van der Waals surface area contributed by atoms with Gasteiger partial charge in [0.25, 0.3) is 0 Å². The zero-order valence-electron chi connectivity index (χ0n) is 14.2. The number of carboxylic acid groups (broad SMARTS) is 1. The first-order valence-electron chi connectivity index (χ1n) is 8.46. The summed E-state index contributed by atoms with van der Waals surface area (Å²) in [6.07, 6.45) is 4.87. The molecule has 1 aromatic heterocycles. The highest BCUT2D eigenvalue weighted by atomic mass is 16.4. The minimum absolute atomic E-state index is 0.363. The monoisotopic (exact) mass is 325 g/mol. The smallest absolute Gasteiger partial charge is 0.335 e. The van der Waals surface area contributed by atoms with Crippen LogP contribution in [0.5, 0.6) is 0 Å². The lowest BCUT2D eigenvalue weighted by Crippen LogP contribution is -2.23. The Morgan fingerprint density at radius 3 is 3.00 bits per heavy atom. The number of aromatic nitrogens is 2. The summed E-state index contributed by atoms with van der Waals surface area (Å²) in [4.78, 5) is 22.4. The van der Waals surface area contributed by atoms with Gasteiger partial charge in [-0.2, -0.15) is 0 Å². The van der Waals surface area contributed by atoms with Crippen LogP contribution in [0.25, 0.3) is 0 Å². The molecule has 2 heterocycles. The zero-order valence-corrected chi connectivity index (χ0v) is 14.2. The van der Waals surface area contributed by atoms with E-state index in [0.29, 0.717) is 11.5 Å². The van der Waals surface area contributed by atoms with E-state index in [1.165, 1.54) is 5.56 Å². The van der Waals surface area contributed by atoms with E-state index in [-0.39, 0.29) is 0 Å². The molecule has 0 aliphatic carbocycles. The Morgan fingerprint density at radius 2 is 2.25 bits per heavy atom. The molecule has 1 fully saturated rings. The average molecular weight is 325 g/mol. The third-order valence-corrected chi connectivity index (χ3v) is 4.63. The van der Waals surface area contributed by atoms with E-state index in [1.807, 2.05) is 25.3 Å². The maximum absolute atomic E-state index is 11.1. The first kappa shape index (κ1) is 16.4. The van der Waals surface area contributed by atoms with Crippen molar-refractivity contribution in [3.63, 3.8) is 0 Å². The second-order valence-electron chi connectivity index (χ2n) is 6.43. The fourth-order valence-electron chi connectivity index (χ4n) is 3.36. The molecule has 1 N–H and O–H groups in total. The van der Waals surface area contributed by atoms with Crippen molar-refractivity contribution >= 4 is 11.8 Å². The van der Waals surface area contributed by atoms with Gasteiger partial charge in [-0.05, 0) is 49.8 Å². The number of hydrogen-bond donors (Lipinski definition) is 1. The van der Waals surface area contributed by atoms with Crippen molar-refractivity contribution in [2.75, 3.05) is 18.0 Å². The molecule has 1 aliphatic rings. The molecule has 126 valence electrons. The quantitative estimate of drug-likeness (QED) is 0.915. The second-order valence-corrected chi connectivity index (χ2v) is 6.43. The lowest BCUT2D eigenvalue weighted by Gasteiger charge is -2.20. The van der Waals surface area contributed by atoms with Crippen LogP contribution in [0.15, 0.2) is 30.5 Å². The molecule has 0 spiro atoms. The lowest BCUT2D eigenvalue weighted by molar-refractivity contribution is 0.0696. The zero-order chi connectivity index (χ0) is 17.1. The van der Waals surface area contributed by atoms with Crippen LogP contribution in [0.4, 0.5) is 5.82 Å². The summed E-state index contributed by atoms with van der Waals surface area (Å²) < 4.78 is 0. The molecule has 24 heavy (non-hydrogen) atoms. The van der Waals surface area contributed by atoms with Crippen molar-refractivity contribution in [1.29, 1.82) is 0 Å². The Balaban J connectivity index is 1.71. The SMILES string of the molecule is CCc1cnc(C)nc1N1CC[C@H](Cc2cccc(C(=O)O)c2)C1. The average Bonchev–Trinajstić information content (AvgIpc) is 3.03. The number of nitrogens with zero attached hydrogens (tertiary/aromatic N) is 3. The number of aromatic carboxylic acids is 1. The van der Waals surface area contributed by atoms with Gasteiger partial charge in [0.1, 0.15) is 11.6 Å². The first-order chi connectivity index (χ1) is 11.6. The Hall–Kier alpha value is -2.43. The van der Waals surface area contributed by atoms with Gasteiger partial charge in [0, 0.05) is 24.8 Å². The Morgan fingerprint density at radius 1 is 1.42 bits per heavy atom. The fraction of sp³-hybridized carbons (Fsp3) is 0.421. The van der Waals surface area contributed by atoms with Crippen LogP contribution in [0, 0.1) is 12.8 Å². The van der Waals surface area contributed by atoms with Crippen molar-refractivity contribution in [3.05, 3.63) is 53.0 Å². The maximum Gasteiger partial charge on any atom is 0.335 e. The molecule has 0 radical (unpaired) electrons. The number of rotatable bonds is 5. The minimum atomic E-state index is -0.867.